The molecule has 3 aromatic carbocycles. The number of benzene rings is 3. The van der Waals surface area contributed by atoms with Gasteiger partial charge in [-0.3, -0.25) is 4.79 Å². The van der Waals surface area contributed by atoms with Crippen LogP contribution >= 0.6 is 0 Å². The smallest absolute Gasteiger partial charge is 0.440 e. The van der Waals surface area contributed by atoms with Crippen molar-refractivity contribution in [2.24, 2.45) is 0 Å². The molecule has 3 unspecified atom stereocenters. The Hall–Kier alpha value is -4.80. The topological polar surface area (TPSA) is 92.1 Å². The zero-order valence-corrected chi connectivity index (χ0v) is 23.4. The second-order valence-corrected chi connectivity index (χ2v) is 11.0. The molecule has 0 aliphatic carbocycles. The van der Waals surface area contributed by atoms with Crippen molar-refractivity contribution in [3.8, 4) is 0 Å². The van der Waals surface area contributed by atoms with E-state index in [1.165, 1.54) is 30.0 Å². The maximum atomic E-state index is 13.3. The molecule has 0 saturated carbocycles. The summed E-state index contributed by atoms with van der Waals surface area (Å²) in [6, 6.07) is 21.1. The summed E-state index contributed by atoms with van der Waals surface area (Å²) in [5, 5.41) is 3.51. The molecule has 8 nitrogen and oxygen atoms in total. The number of carbonyl (C=O) groups excluding carboxylic acids is 2. The van der Waals surface area contributed by atoms with Crippen LogP contribution in [0, 0.1) is 6.92 Å². The number of hydrogen-bond acceptors (Lipinski definition) is 8. The number of hydrogen-bond donors (Lipinski definition) is 1. The van der Waals surface area contributed by atoms with E-state index in [2.05, 4.69) is 32.0 Å². The van der Waals surface area contributed by atoms with Crippen LogP contribution < -0.4 is 20.5 Å². The highest BCUT2D eigenvalue weighted by molar-refractivity contribution is 6.02. The first-order valence-corrected chi connectivity index (χ1v) is 13.8. The number of piperazine rings is 1. The number of nitrogens with zero attached hydrogens (tertiary/aromatic N) is 2. The highest BCUT2D eigenvalue weighted by atomic mass is 19.4. The SMILES string of the molecule is Cc1cc(C(C)Nc2ccccc2C(=O)OC(=O)C(F)(F)F)c2oc(N3CC4CC(C3)N4c3ccccc3)cc(=O)c2c1. The second kappa shape index (κ2) is 10.8. The van der Waals surface area contributed by atoms with Gasteiger partial charge in [0.1, 0.15) is 5.58 Å². The third kappa shape index (κ3) is 5.42. The summed E-state index contributed by atoms with van der Waals surface area (Å²) in [5.41, 5.74) is 2.69. The number of nitrogens with one attached hydrogen (secondary N) is 1. The fourth-order valence-electron chi connectivity index (χ4n) is 6.01. The van der Waals surface area contributed by atoms with Crippen LogP contribution in [0.3, 0.4) is 0 Å². The van der Waals surface area contributed by atoms with Crippen molar-refractivity contribution < 1.29 is 31.9 Å². The van der Waals surface area contributed by atoms with Gasteiger partial charge in [0.25, 0.3) is 0 Å². The van der Waals surface area contributed by atoms with Crippen molar-refractivity contribution in [1.82, 2.24) is 0 Å². The summed E-state index contributed by atoms with van der Waals surface area (Å²) in [5.74, 6) is -3.57. The third-order valence-electron chi connectivity index (χ3n) is 7.95. The lowest BCUT2D eigenvalue weighted by atomic mass is 9.86. The van der Waals surface area contributed by atoms with Crippen LogP contribution in [0.5, 0.6) is 0 Å². The van der Waals surface area contributed by atoms with Crippen LogP contribution in [0.4, 0.5) is 30.4 Å². The Bertz CT molecular complexity index is 1760. The van der Waals surface area contributed by atoms with Gasteiger partial charge in [-0.2, -0.15) is 13.2 Å². The molecular formula is C32H28F3N3O5. The molecule has 7 rings (SSSR count). The van der Waals surface area contributed by atoms with E-state index in [-0.39, 0.29) is 16.7 Å². The standard InChI is InChI=1S/C32H28F3N3O5/c1-18-12-24(19(2)36-26-11-7-6-10-23(26)30(40)43-31(41)32(33,34)35)29-25(13-18)27(39)15-28(42-29)37-16-21-14-22(17-37)38(21)20-8-4-3-5-9-20/h3-13,15,19,21-22,36H,14,16-17H2,1-2H3. The molecule has 3 fully saturated rings. The van der Waals surface area contributed by atoms with Crippen LogP contribution in [0.2, 0.25) is 0 Å². The third-order valence-corrected chi connectivity index (χ3v) is 7.95. The maximum absolute atomic E-state index is 13.3. The second-order valence-electron chi connectivity index (χ2n) is 11.0. The van der Waals surface area contributed by atoms with E-state index in [0.717, 1.165) is 12.0 Å². The van der Waals surface area contributed by atoms with E-state index in [1.54, 1.807) is 19.1 Å². The zero-order chi connectivity index (χ0) is 30.5. The number of esters is 2. The summed E-state index contributed by atoms with van der Waals surface area (Å²) in [6.07, 6.45) is -4.25. The van der Waals surface area contributed by atoms with Gasteiger partial charge in [0, 0.05) is 48.2 Å². The van der Waals surface area contributed by atoms with Gasteiger partial charge in [0.15, 0.2) is 11.3 Å². The number of fused-ring (bicyclic) bond motifs is 3. The van der Waals surface area contributed by atoms with Crippen LogP contribution in [-0.2, 0) is 9.53 Å². The van der Waals surface area contributed by atoms with Gasteiger partial charge in [0.2, 0.25) is 0 Å². The highest BCUT2D eigenvalue weighted by Gasteiger charge is 2.45. The lowest BCUT2D eigenvalue weighted by Gasteiger charge is -2.57. The Morgan fingerprint density at radius 1 is 1.00 bits per heavy atom. The number of para-hydroxylation sites is 2. The quantitative estimate of drug-likeness (QED) is 0.216. The molecule has 11 heteroatoms. The van der Waals surface area contributed by atoms with Gasteiger partial charge in [-0.05, 0) is 56.2 Å². The van der Waals surface area contributed by atoms with E-state index < -0.39 is 24.2 Å². The molecule has 43 heavy (non-hydrogen) atoms. The minimum absolute atomic E-state index is 0.153. The fourth-order valence-corrected chi connectivity index (χ4v) is 6.01. The minimum Gasteiger partial charge on any atom is -0.440 e. The molecule has 222 valence electrons. The van der Waals surface area contributed by atoms with Gasteiger partial charge >= 0.3 is 18.1 Å². The number of ether oxygens (including phenoxy) is 1. The van der Waals surface area contributed by atoms with Crippen LogP contribution in [-0.4, -0.2) is 43.3 Å². The lowest BCUT2D eigenvalue weighted by molar-refractivity contribution is -0.193. The number of aryl methyl sites for hydroxylation is 1. The normalized spacial score (nSPS) is 18.6. The largest absolute Gasteiger partial charge is 0.491 e. The Labute approximate surface area is 244 Å². The monoisotopic (exact) mass is 591 g/mol. The number of carbonyl (C=O) groups is 2. The van der Waals surface area contributed by atoms with Crippen LogP contribution in [0.25, 0.3) is 11.0 Å². The van der Waals surface area contributed by atoms with E-state index in [1.807, 2.05) is 31.2 Å². The molecule has 2 bridgehead atoms. The molecule has 3 atom stereocenters. The van der Waals surface area contributed by atoms with Gasteiger partial charge in [-0.25, -0.2) is 9.59 Å². The van der Waals surface area contributed by atoms with Crippen LogP contribution in [0.1, 0.15) is 40.9 Å². The molecule has 3 saturated heterocycles. The molecule has 4 aromatic rings. The summed E-state index contributed by atoms with van der Waals surface area (Å²) < 4.78 is 48.5. The van der Waals surface area contributed by atoms with Crippen molar-refractivity contribution in [2.45, 2.75) is 44.6 Å². The predicted octanol–water partition coefficient (Wildman–Crippen LogP) is 5.99. The number of anilines is 3. The Balaban J connectivity index is 1.28. The van der Waals surface area contributed by atoms with Gasteiger partial charge in [0.05, 0.1) is 17.0 Å². The zero-order valence-electron chi connectivity index (χ0n) is 23.4. The van der Waals surface area contributed by atoms with Crippen molar-refractivity contribution in [1.29, 1.82) is 0 Å². The number of halogens is 3. The minimum atomic E-state index is -5.31. The average molecular weight is 592 g/mol. The molecule has 0 amide bonds. The highest BCUT2D eigenvalue weighted by Crippen LogP contribution is 2.39. The number of alkyl halides is 3. The summed E-state index contributed by atoms with van der Waals surface area (Å²) in [7, 11) is 0. The molecule has 3 aliphatic rings. The van der Waals surface area contributed by atoms with Crippen molar-refractivity contribution in [3.05, 3.63) is 99.7 Å². The Kier molecular flexibility index (Phi) is 7.11. The summed E-state index contributed by atoms with van der Waals surface area (Å²) in [6.45, 7) is 5.01. The van der Waals surface area contributed by atoms with Gasteiger partial charge < -0.3 is 24.3 Å². The number of piperidine rings is 1. The number of rotatable bonds is 6. The molecule has 0 radical (unpaired) electrons. The van der Waals surface area contributed by atoms with E-state index >= 15 is 0 Å². The van der Waals surface area contributed by atoms with Gasteiger partial charge in [-0.15, -0.1) is 0 Å². The maximum Gasteiger partial charge on any atom is 0.491 e. The summed E-state index contributed by atoms with van der Waals surface area (Å²) in [4.78, 5) is 41.5. The molecule has 1 N–H and O–H groups in total. The first-order valence-electron chi connectivity index (χ1n) is 13.8. The first kappa shape index (κ1) is 28.3. The van der Waals surface area contributed by atoms with Crippen molar-refractivity contribution in [3.63, 3.8) is 0 Å². The van der Waals surface area contributed by atoms with Crippen molar-refractivity contribution in [2.75, 3.05) is 28.2 Å². The van der Waals surface area contributed by atoms with Gasteiger partial charge in [-0.1, -0.05) is 36.4 Å². The van der Waals surface area contributed by atoms with E-state index in [4.69, 9.17) is 4.42 Å². The van der Waals surface area contributed by atoms with E-state index in [9.17, 15) is 27.6 Å². The molecular weight excluding hydrogens is 563 g/mol. The van der Waals surface area contributed by atoms with Crippen molar-refractivity contribution >= 4 is 40.2 Å². The molecule has 3 aliphatic heterocycles. The fraction of sp³-hybridized carbons (Fsp3) is 0.281. The predicted molar refractivity (Wildman–Crippen MR) is 156 cm³/mol. The average Bonchev–Trinajstić information content (AvgIpc) is 2.97. The molecule has 4 heterocycles. The molecule has 1 aromatic heterocycles. The Morgan fingerprint density at radius 2 is 1.67 bits per heavy atom. The molecule has 0 spiro atoms. The first-order chi connectivity index (χ1) is 20.5. The van der Waals surface area contributed by atoms with Crippen LogP contribution in [0.15, 0.2) is 82.0 Å². The lowest BCUT2D eigenvalue weighted by Crippen LogP contribution is -2.69. The summed E-state index contributed by atoms with van der Waals surface area (Å²) >= 11 is 0. The Morgan fingerprint density at radius 3 is 2.37 bits per heavy atom. The van der Waals surface area contributed by atoms with E-state index in [0.29, 0.717) is 47.6 Å².